The van der Waals surface area contributed by atoms with Crippen LogP contribution in [-0.2, 0) is 14.8 Å². The van der Waals surface area contributed by atoms with Gasteiger partial charge in [0.05, 0.1) is 6.26 Å². The van der Waals surface area contributed by atoms with Crippen LogP contribution in [0, 0.1) is 19.8 Å². The number of hydrogen-bond donors (Lipinski definition) is 3. The van der Waals surface area contributed by atoms with Gasteiger partial charge in [-0.3, -0.25) is 4.79 Å². The van der Waals surface area contributed by atoms with Crippen LogP contribution in [0.5, 0.6) is 0 Å². The number of carbonyl (C=O) groups is 1. The van der Waals surface area contributed by atoms with Crippen molar-refractivity contribution in [1.82, 2.24) is 14.3 Å². The number of piperidine rings is 1. The van der Waals surface area contributed by atoms with Gasteiger partial charge in [-0.2, -0.15) is 4.98 Å². The van der Waals surface area contributed by atoms with Crippen LogP contribution in [0.25, 0.3) is 0 Å². The topological polar surface area (TPSA) is 116 Å². The summed E-state index contributed by atoms with van der Waals surface area (Å²) in [4.78, 5) is 21.6. The molecule has 0 saturated carbocycles. The highest BCUT2D eigenvalue weighted by atomic mass is 32.2. The molecule has 9 nitrogen and oxygen atoms in total. The van der Waals surface area contributed by atoms with Crippen LogP contribution in [0.3, 0.4) is 0 Å². The zero-order valence-corrected chi connectivity index (χ0v) is 20.9. The number of anilines is 5. The summed E-state index contributed by atoms with van der Waals surface area (Å²) >= 11 is 0. The van der Waals surface area contributed by atoms with Gasteiger partial charge in [0.1, 0.15) is 5.82 Å². The van der Waals surface area contributed by atoms with Crippen LogP contribution >= 0.6 is 0 Å². The summed E-state index contributed by atoms with van der Waals surface area (Å²) in [5, 5.41) is 9.44. The van der Waals surface area contributed by atoms with E-state index < -0.39 is 10.0 Å². The van der Waals surface area contributed by atoms with Gasteiger partial charge in [0.2, 0.25) is 21.9 Å². The molecule has 0 radical (unpaired) electrons. The van der Waals surface area contributed by atoms with Crippen molar-refractivity contribution in [3.63, 3.8) is 0 Å². The molecular formula is C25H30N6O3S. The van der Waals surface area contributed by atoms with E-state index in [1.54, 1.807) is 0 Å². The Kier molecular flexibility index (Phi) is 7.32. The van der Waals surface area contributed by atoms with Crippen molar-refractivity contribution in [3.05, 3.63) is 65.9 Å². The van der Waals surface area contributed by atoms with Crippen LogP contribution in [0.15, 0.2) is 54.6 Å². The monoisotopic (exact) mass is 494 g/mol. The fraction of sp³-hybridized carbons (Fsp3) is 0.320. The Balaban J connectivity index is 1.35. The molecule has 10 heteroatoms. The number of carbonyl (C=O) groups excluding carboxylic acids is 1. The highest BCUT2D eigenvalue weighted by Gasteiger charge is 2.28. The van der Waals surface area contributed by atoms with Crippen molar-refractivity contribution in [2.75, 3.05) is 35.3 Å². The Bertz CT molecular complexity index is 1290. The molecule has 1 aromatic heterocycles. The SMILES string of the molecule is Cc1ccc(Nc2nc(C)cc(Nc3ccc(NC(=O)C4CCN(S(C)(=O)=O)CC4)cc3)n2)cc1. The lowest BCUT2D eigenvalue weighted by Gasteiger charge is -2.29. The highest BCUT2D eigenvalue weighted by molar-refractivity contribution is 7.88. The molecule has 0 atom stereocenters. The Morgan fingerprint density at radius 2 is 1.46 bits per heavy atom. The minimum absolute atomic E-state index is 0.0860. The zero-order chi connectivity index (χ0) is 25.0. The van der Waals surface area contributed by atoms with E-state index >= 15 is 0 Å². The lowest BCUT2D eigenvalue weighted by molar-refractivity contribution is -0.120. The highest BCUT2D eigenvalue weighted by Crippen LogP contribution is 2.23. The number of amides is 1. The first-order valence-electron chi connectivity index (χ1n) is 11.5. The number of hydrogen-bond acceptors (Lipinski definition) is 7. The summed E-state index contributed by atoms with van der Waals surface area (Å²) in [5.74, 6) is 0.870. The van der Waals surface area contributed by atoms with Gasteiger partial charge >= 0.3 is 0 Å². The molecule has 1 amide bonds. The van der Waals surface area contributed by atoms with Crippen molar-refractivity contribution in [2.45, 2.75) is 26.7 Å². The fourth-order valence-corrected chi connectivity index (χ4v) is 4.81. The lowest BCUT2D eigenvalue weighted by Crippen LogP contribution is -2.40. The van der Waals surface area contributed by atoms with Crippen molar-refractivity contribution in [3.8, 4) is 0 Å². The predicted octanol–water partition coefficient (Wildman–Crippen LogP) is 4.19. The maximum atomic E-state index is 12.6. The van der Waals surface area contributed by atoms with E-state index in [4.69, 9.17) is 0 Å². The smallest absolute Gasteiger partial charge is 0.229 e. The van der Waals surface area contributed by atoms with Crippen molar-refractivity contribution in [1.29, 1.82) is 0 Å². The number of aryl methyl sites for hydroxylation is 2. The van der Waals surface area contributed by atoms with Crippen molar-refractivity contribution in [2.24, 2.45) is 5.92 Å². The molecule has 1 aliphatic heterocycles. The third-order valence-corrected chi connectivity index (χ3v) is 7.18. The third-order valence-electron chi connectivity index (χ3n) is 5.88. The third kappa shape index (κ3) is 6.77. The maximum absolute atomic E-state index is 12.6. The first-order chi connectivity index (χ1) is 16.7. The molecule has 0 spiro atoms. The van der Waals surface area contributed by atoms with Gasteiger partial charge < -0.3 is 16.0 Å². The van der Waals surface area contributed by atoms with Crippen LogP contribution in [-0.4, -0.2) is 47.9 Å². The number of nitrogens with zero attached hydrogens (tertiary/aromatic N) is 3. The molecule has 1 fully saturated rings. The van der Waals surface area contributed by atoms with E-state index in [1.165, 1.54) is 16.1 Å². The second-order valence-electron chi connectivity index (χ2n) is 8.84. The van der Waals surface area contributed by atoms with Crippen molar-refractivity contribution >= 4 is 44.8 Å². The summed E-state index contributed by atoms with van der Waals surface area (Å²) in [6, 6.07) is 17.3. The number of nitrogens with one attached hydrogen (secondary N) is 3. The van der Waals surface area contributed by atoms with E-state index in [0.29, 0.717) is 43.4 Å². The molecule has 2 aromatic carbocycles. The summed E-state index contributed by atoms with van der Waals surface area (Å²) in [5.41, 5.74) is 4.42. The second-order valence-corrected chi connectivity index (χ2v) is 10.8. The number of benzene rings is 2. The number of rotatable bonds is 7. The molecule has 0 aliphatic carbocycles. The lowest BCUT2D eigenvalue weighted by atomic mass is 9.97. The van der Waals surface area contributed by atoms with Gasteiger partial charge in [-0.05, 0) is 63.1 Å². The van der Waals surface area contributed by atoms with Gasteiger partial charge in [-0.1, -0.05) is 17.7 Å². The van der Waals surface area contributed by atoms with E-state index in [9.17, 15) is 13.2 Å². The van der Waals surface area contributed by atoms with Gasteiger partial charge in [0.25, 0.3) is 0 Å². The summed E-state index contributed by atoms with van der Waals surface area (Å²) in [7, 11) is -3.21. The minimum atomic E-state index is -3.21. The quantitative estimate of drug-likeness (QED) is 0.451. The fourth-order valence-electron chi connectivity index (χ4n) is 3.93. The Morgan fingerprint density at radius 1 is 0.886 bits per heavy atom. The Hall–Kier alpha value is -3.50. The normalized spacial score (nSPS) is 14.9. The molecule has 0 unspecified atom stereocenters. The van der Waals surface area contributed by atoms with Crippen LogP contribution in [0.1, 0.15) is 24.1 Å². The van der Waals surface area contributed by atoms with Gasteiger partial charge in [0.15, 0.2) is 0 Å². The number of sulfonamides is 1. The molecular weight excluding hydrogens is 464 g/mol. The molecule has 184 valence electrons. The first-order valence-corrected chi connectivity index (χ1v) is 13.3. The molecule has 3 aromatic rings. The van der Waals surface area contributed by atoms with Gasteiger partial charge in [-0.25, -0.2) is 17.7 Å². The van der Waals surface area contributed by atoms with Crippen LogP contribution in [0.2, 0.25) is 0 Å². The molecule has 0 bridgehead atoms. The zero-order valence-electron chi connectivity index (χ0n) is 20.1. The van der Waals surface area contributed by atoms with Crippen LogP contribution < -0.4 is 16.0 Å². The molecule has 3 N–H and O–H groups in total. The van der Waals surface area contributed by atoms with E-state index in [2.05, 4.69) is 25.9 Å². The molecule has 35 heavy (non-hydrogen) atoms. The molecule has 1 saturated heterocycles. The average Bonchev–Trinajstić information content (AvgIpc) is 2.81. The first kappa shape index (κ1) is 24.6. The molecule has 1 aliphatic rings. The van der Waals surface area contributed by atoms with E-state index in [1.807, 2.05) is 68.4 Å². The summed E-state index contributed by atoms with van der Waals surface area (Å²) in [6.45, 7) is 4.69. The van der Waals surface area contributed by atoms with Gasteiger partial charge in [-0.15, -0.1) is 0 Å². The Morgan fingerprint density at radius 3 is 2.09 bits per heavy atom. The van der Waals surface area contributed by atoms with Crippen molar-refractivity contribution < 1.29 is 13.2 Å². The standard InChI is InChI=1S/C25H30N6O3S/c1-17-4-6-22(7-5-17)29-25-26-18(2)16-23(30-25)27-20-8-10-21(11-9-20)28-24(32)19-12-14-31(15-13-19)35(3,33)34/h4-11,16,19H,12-15H2,1-3H3,(H,28,32)(H2,26,27,29,30). The molecule has 4 rings (SSSR count). The average molecular weight is 495 g/mol. The van der Waals surface area contributed by atoms with Gasteiger partial charge in [0, 0.05) is 47.8 Å². The second kappa shape index (κ2) is 10.4. The molecule has 2 heterocycles. The minimum Gasteiger partial charge on any atom is -0.340 e. The maximum Gasteiger partial charge on any atom is 0.229 e. The van der Waals surface area contributed by atoms with E-state index in [-0.39, 0.29) is 11.8 Å². The Labute approximate surface area is 206 Å². The number of aromatic nitrogens is 2. The predicted molar refractivity (Wildman–Crippen MR) is 139 cm³/mol. The largest absolute Gasteiger partial charge is 0.340 e. The summed E-state index contributed by atoms with van der Waals surface area (Å²) < 4.78 is 24.7. The van der Waals surface area contributed by atoms with Crippen LogP contribution in [0.4, 0.5) is 28.8 Å². The van der Waals surface area contributed by atoms with E-state index in [0.717, 1.165) is 17.1 Å². The summed E-state index contributed by atoms with van der Waals surface area (Å²) in [6.07, 6.45) is 2.24.